The van der Waals surface area contributed by atoms with Gasteiger partial charge in [-0.25, -0.2) is 5.10 Å². The molecule has 6 nitrogen and oxygen atoms in total. The molecule has 1 N–H and O–H groups in total. The average molecular weight is 389 g/mol. The molecule has 0 amide bonds. The van der Waals surface area contributed by atoms with Gasteiger partial charge >= 0.3 is 0 Å². The summed E-state index contributed by atoms with van der Waals surface area (Å²) in [6.07, 6.45) is 1.67. The molecule has 0 spiro atoms. The number of rotatable bonds is 6. The summed E-state index contributed by atoms with van der Waals surface area (Å²) in [6.45, 7) is 2.49. The number of nitrogens with zero attached hydrogens (tertiary/aromatic N) is 3. The third kappa shape index (κ3) is 3.79. The van der Waals surface area contributed by atoms with Crippen LogP contribution >= 0.6 is 23.8 Å². The van der Waals surface area contributed by atoms with Crippen molar-refractivity contribution in [3.05, 3.63) is 57.8 Å². The third-order valence-corrected chi connectivity index (χ3v) is 4.17. The average Bonchev–Trinajstić information content (AvgIpc) is 3.02. The van der Waals surface area contributed by atoms with Crippen molar-refractivity contribution in [1.82, 2.24) is 14.9 Å². The molecule has 1 heterocycles. The van der Waals surface area contributed by atoms with Crippen LogP contribution in [0.1, 0.15) is 12.5 Å². The van der Waals surface area contributed by atoms with Crippen LogP contribution in [0, 0.1) is 4.77 Å². The second-order valence-electron chi connectivity index (χ2n) is 5.23. The summed E-state index contributed by atoms with van der Waals surface area (Å²) >= 11 is 11.5. The predicted molar refractivity (Wildman–Crippen MR) is 105 cm³/mol. The van der Waals surface area contributed by atoms with Gasteiger partial charge in [-0.05, 0) is 55.0 Å². The molecule has 0 atom stereocenters. The van der Waals surface area contributed by atoms with Gasteiger partial charge in [0.05, 0.1) is 25.0 Å². The van der Waals surface area contributed by atoms with Gasteiger partial charge in [0.2, 0.25) is 4.77 Å². The number of aromatic nitrogens is 3. The fourth-order valence-corrected chi connectivity index (χ4v) is 2.78. The zero-order valence-corrected chi connectivity index (χ0v) is 15.8. The first-order chi connectivity index (χ1) is 12.6. The van der Waals surface area contributed by atoms with Crippen molar-refractivity contribution in [2.75, 3.05) is 13.7 Å². The molecule has 26 heavy (non-hydrogen) atoms. The Morgan fingerprint density at radius 3 is 2.81 bits per heavy atom. The molecule has 0 aliphatic rings. The van der Waals surface area contributed by atoms with Crippen LogP contribution in [-0.4, -0.2) is 34.8 Å². The van der Waals surface area contributed by atoms with Gasteiger partial charge in [-0.2, -0.15) is 14.9 Å². The van der Waals surface area contributed by atoms with Crippen LogP contribution in [-0.2, 0) is 0 Å². The fraction of sp³-hybridized carbons (Fsp3) is 0.167. The van der Waals surface area contributed by atoms with Crippen molar-refractivity contribution >= 4 is 30.0 Å². The molecule has 0 saturated heterocycles. The molecule has 3 aromatic rings. The monoisotopic (exact) mass is 388 g/mol. The zero-order valence-electron chi connectivity index (χ0n) is 14.3. The van der Waals surface area contributed by atoms with E-state index in [2.05, 4.69) is 15.3 Å². The Labute approximate surface area is 161 Å². The molecular weight excluding hydrogens is 372 g/mol. The molecule has 0 fully saturated rings. The van der Waals surface area contributed by atoms with Crippen LogP contribution < -0.4 is 9.47 Å². The molecule has 2 aromatic carbocycles. The summed E-state index contributed by atoms with van der Waals surface area (Å²) < 4.78 is 12.8. The van der Waals surface area contributed by atoms with Crippen LogP contribution in [0.4, 0.5) is 0 Å². The van der Waals surface area contributed by atoms with Gasteiger partial charge in [0.15, 0.2) is 17.3 Å². The highest BCUT2D eigenvalue weighted by Crippen LogP contribution is 2.28. The van der Waals surface area contributed by atoms with E-state index in [-0.39, 0.29) is 0 Å². The SMILES string of the molecule is CCOc1ccc(/C=N/n2c(-c3ccccc3Cl)n[nH]c2=S)cc1OC. The normalized spacial score (nSPS) is 11.0. The summed E-state index contributed by atoms with van der Waals surface area (Å²) in [4.78, 5) is 0. The van der Waals surface area contributed by atoms with Gasteiger partial charge in [0.1, 0.15) is 0 Å². The maximum atomic E-state index is 6.26. The first-order valence-corrected chi connectivity index (χ1v) is 8.70. The van der Waals surface area contributed by atoms with E-state index in [0.717, 1.165) is 11.1 Å². The van der Waals surface area contributed by atoms with E-state index in [1.54, 1.807) is 19.4 Å². The van der Waals surface area contributed by atoms with E-state index in [9.17, 15) is 0 Å². The van der Waals surface area contributed by atoms with Gasteiger partial charge in [-0.15, -0.1) is 0 Å². The van der Waals surface area contributed by atoms with Crippen LogP contribution in [0.15, 0.2) is 47.6 Å². The third-order valence-electron chi connectivity index (χ3n) is 3.57. The van der Waals surface area contributed by atoms with Gasteiger partial charge in [-0.1, -0.05) is 23.7 Å². The number of halogens is 1. The number of H-pyrrole nitrogens is 1. The molecule has 3 rings (SSSR count). The number of hydrogen-bond acceptors (Lipinski definition) is 5. The molecule has 0 saturated carbocycles. The summed E-state index contributed by atoms with van der Waals surface area (Å²) in [5, 5.41) is 12.0. The molecule has 0 radical (unpaired) electrons. The van der Waals surface area contributed by atoms with E-state index < -0.39 is 0 Å². The van der Waals surface area contributed by atoms with E-state index in [4.69, 9.17) is 33.3 Å². The molecule has 0 bridgehead atoms. The molecular formula is C18H17ClN4O2S. The number of benzene rings is 2. The molecule has 0 unspecified atom stereocenters. The van der Waals surface area contributed by atoms with Gasteiger partial charge in [0.25, 0.3) is 0 Å². The van der Waals surface area contributed by atoms with Crippen LogP contribution in [0.2, 0.25) is 5.02 Å². The van der Waals surface area contributed by atoms with Crippen molar-refractivity contribution in [3.63, 3.8) is 0 Å². The lowest BCUT2D eigenvalue weighted by Crippen LogP contribution is -1.98. The first-order valence-electron chi connectivity index (χ1n) is 7.91. The maximum Gasteiger partial charge on any atom is 0.216 e. The second kappa shape index (κ2) is 8.16. The highest BCUT2D eigenvalue weighted by molar-refractivity contribution is 7.71. The lowest BCUT2D eigenvalue weighted by atomic mass is 10.2. The van der Waals surface area contributed by atoms with Crippen LogP contribution in [0.5, 0.6) is 11.5 Å². The van der Waals surface area contributed by atoms with Crippen molar-refractivity contribution in [3.8, 4) is 22.9 Å². The molecule has 134 valence electrons. The molecule has 1 aromatic heterocycles. The molecule has 0 aliphatic carbocycles. The Morgan fingerprint density at radius 2 is 2.08 bits per heavy atom. The maximum absolute atomic E-state index is 6.26. The number of nitrogens with one attached hydrogen (secondary N) is 1. The Hall–Kier alpha value is -2.64. The highest BCUT2D eigenvalue weighted by Gasteiger charge is 2.11. The minimum atomic E-state index is 0.370. The van der Waals surface area contributed by atoms with Crippen molar-refractivity contribution in [1.29, 1.82) is 0 Å². The van der Waals surface area contributed by atoms with Crippen molar-refractivity contribution < 1.29 is 9.47 Å². The quantitative estimate of drug-likeness (QED) is 0.497. The summed E-state index contributed by atoms with van der Waals surface area (Å²) in [5.41, 5.74) is 1.57. The molecule has 8 heteroatoms. The Kier molecular flexibility index (Phi) is 5.70. The minimum Gasteiger partial charge on any atom is -0.493 e. The van der Waals surface area contributed by atoms with Gasteiger partial charge in [-0.3, -0.25) is 0 Å². The first kappa shape index (κ1) is 18.2. The van der Waals surface area contributed by atoms with E-state index >= 15 is 0 Å². The number of methoxy groups -OCH3 is 1. The van der Waals surface area contributed by atoms with E-state index in [1.165, 1.54) is 4.68 Å². The molecule has 0 aliphatic heterocycles. The smallest absolute Gasteiger partial charge is 0.216 e. The number of ether oxygens (including phenoxy) is 2. The number of hydrogen-bond donors (Lipinski definition) is 1. The second-order valence-corrected chi connectivity index (χ2v) is 6.03. The minimum absolute atomic E-state index is 0.370. The summed E-state index contributed by atoms with van der Waals surface area (Å²) in [5.74, 6) is 1.86. The topological polar surface area (TPSA) is 64.4 Å². The summed E-state index contributed by atoms with van der Waals surface area (Å²) in [7, 11) is 1.60. The predicted octanol–water partition coefficient (Wildman–Crippen LogP) is 4.55. The van der Waals surface area contributed by atoms with Gasteiger partial charge in [0, 0.05) is 5.56 Å². The van der Waals surface area contributed by atoms with Crippen molar-refractivity contribution in [2.24, 2.45) is 5.10 Å². The largest absolute Gasteiger partial charge is 0.493 e. The van der Waals surface area contributed by atoms with E-state index in [1.807, 2.05) is 43.3 Å². The van der Waals surface area contributed by atoms with Crippen LogP contribution in [0.25, 0.3) is 11.4 Å². The standard InChI is InChI=1S/C18H17ClN4O2S/c1-3-25-15-9-8-12(10-16(15)24-2)11-20-23-17(21-22-18(23)26)13-6-4-5-7-14(13)19/h4-11H,3H2,1-2H3,(H,22,26)/b20-11+. The fourth-order valence-electron chi connectivity index (χ4n) is 2.38. The number of aromatic amines is 1. The Bertz CT molecular complexity index is 997. The lowest BCUT2D eigenvalue weighted by molar-refractivity contribution is 0.311. The Balaban J connectivity index is 1.96. The highest BCUT2D eigenvalue weighted by atomic mass is 35.5. The summed E-state index contributed by atoms with van der Waals surface area (Å²) in [6, 6.07) is 13.0. The van der Waals surface area contributed by atoms with E-state index in [0.29, 0.717) is 33.7 Å². The van der Waals surface area contributed by atoms with Crippen molar-refractivity contribution in [2.45, 2.75) is 6.92 Å². The van der Waals surface area contributed by atoms with Gasteiger partial charge < -0.3 is 9.47 Å². The Morgan fingerprint density at radius 1 is 1.27 bits per heavy atom. The lowest BCUT2D eigenvalue weighted by Gasteiger charge is -2.09. The van der Waals surface area contributed by atoms with Crippen LogP contribution in [0.3, 0.4) is 0 Å². The zero-order chi connectivity index (χ0) is 18.5.